The van der Waals surface area contributed by atoms with Crippen molar-refractivity contribution in [3.63, 3.8) is 0 Å². The summed E-state index contributed by atoms with van der Waals surface area (Å²) in [4.78, 5) is 27.8. The van der Waals surface area contributed by atoms with Gasteiger partial charge in [0.25, 0.3) is 0 Å². The summed E-state index contributed by atoms with van der Waals surface area (Å²) >= 11 is 1.37. The van der Waals surface area contributed by atoms with Crippen molar-refractivity contribution in [3.8, 4) is 16.3 Å². The fraction of sp³-hybridized carbons (Fsp3) is 0.105. The van der Waals surface area contributed by atoms with Crippen molar-refractivity contribution in [1.29, 1.82) is 0 Å². The van der Waals surface area contributed by atoms with Gasteiger partial charge in [0.15, 0.2) is 0 Å². The standard InChI is InChI=1S/C19H14FNO4S/c1-24-19(23)13-4-8-16(9-5-13)25-17(22)10-15-11-26-18(21-15)12-2-6-14(20)7-3-12/h2-9,11H,10H2,1H3. The van der Waals surface area contributed by atoms with E-state index in [0.717, 1.165) is 5.56 Å². The Labute approximate surface area is 153 Å². The molecule has 0 radical (unpaired) electrons. The summed E-state index contributed by atoms with van der Waals surface area (Å²) in [5, 5.41) is 2.47. The highest BCUT2D eigenvalue weighted by molar-refractivity contribution is 7.13. The first-order valence-corrected chi connectivity index (χ1v) is 8.52. The Morgan fingerprint density at radius 1 is 1.08 bits per heavy atom. The molecule has 0 fully saturated rings. The van der Waals surface area contributed by atoms with Gasteiger partial charge in [-0.3, -0.25) is 4.79 Å². The van der Waals surface area contributed by atoms with Crippen molar-refractivity contribution in [2.24, 2.45) is 0 Å². The average molecular weight is 371 g/mol. The highest BCUT2D eigenvalue weighted by atomic mass is 32.1. The lowest BCUT2D eigenvalue weighted by Crippen LogP contribution is -2.11. The first kappa shape index (κ1) is 17.8. The smallest absolute Gasteiger partial charge is 0.337 e. The number of methoxy groups -OCH3 is 1. The summed E-state index contributed by atoms with van der Waals surface area (Å²) in [6.45, 7) is 0. The quantitative estimate of drug-likeness (QED) is 0.503. The first-order chi connectivity index (χ1) is 12.5. The van der Waals surface area contributed by atoms with E-state index in [1.54, 1.807) is 17.5 Å². The molecule has 132 valence electrons. The molecule has 0 unspecified atom stereocenters. The second-order valence-electron chi connectivity index (χ2n) is 5.32. The van der Waals surface area contributed by atoms with Crippen LogP contribution in [-0.2, 0) is 16.0 Å². The number of ether oxygens (including phenoxy) is 2. The number of rotatable bonds is 5. The molecule has 0 N–H and O–H groups in total. The third kappa shape index (κ3) is 4.31. The van der Waals surface area contributed by atoms with E-state index in [1.165, 1.54) is 54.8 Å². The molecule has 0 spiro atoms. The van der Waals surface area contributed by atoms with Crippen LogP contribution in [0.25, 0.3) is 10.6 Å². The normalized spacial score (nSPS) is 10.4. The molecule has 0 atom stereocenters. The second-order valence-corrected chi connectivity index (χ2v) is 6.18. The van der Waals surface area contributed by atoms with Gasteiger partial charge in [-0.1, -0.05) is 0 Å². The molecular formula is C19H14FNO4S. The average Bonchev–Trinajstić information content (AvgIpc) is 3.10. The van der Waals surface area contributed by atoms with Crippen LogP contribution in [-0.4, -0.2) is 24.0 Å². The van der Waals surface area contributed by atoms with Gasteiger partial charge in [0.1, 0.15) is 16.6 Å². The Bertz CT molecular complexity index is 919. The van der Waals surface area contributed by atoms with Gasteiger partial charge >= 0.3 is 11.9 Å². The predicted octanol–water partition coefficient (Wildman–Crippen LogP) is 3.88. The molecule has 0 amide bonds. The lowest BCUT2D eigenvalue weighted by atomic mass is 10.2. The lowest BCUT2D eigenvalue weighted by molar-refractivity contribution is -0.133. The van der Waals surface area contributed by atoms with Crippen molar-refractivity contribution in [1.82, 2.24) is 4.98 Å². The van der Waals surface area contributed by atoms with E-state index in [9.17, 15) is 14.0 Å². The van der Waals surface area contributed by atoms with E-state index < -0.39 is 11.9 Å². The zero-order chi connectivity index (χ0) is 18.5. The monoisotopic (exact) mass is 371 g/mol. The lowest BCUT2D eigenvalue weighted by Gasteiger charge is -2.04. The van der Waals surface area contributed by atoms with Crippen molar-refractivity contribution in [3.05, 3.63) is 71.0 Å². The van der Waals surface area contributed by atoms with E-state index in [4.69, 9.17) is 4.74 Å². The minimum Gasteiger partial charge on any atom is -0.465 e. The van der Waals surface area contributed by atoms with Crippen molar-refractivity contribution >= 4 is 23.3 Å². The largest absolute Gasteiger partial charge is 0.465 e. The third-order valence-corrected chi connectivity index (χ3v) is 4.42. The van der Waals surface area contributed by atoms with Crippen LogP contribution in [0, 0.1) is 5.82 Å². The van der Waals surface area contributed by atoms with Gasteiger partial charge in [-0.2, -0.15) is 0 Å². The zero-order valence-corrected chi connectivity index (χ0v) is 14.6. The Hall–Kier alpha value is -3.06. The van der Waals surface area contributed by atoms with E-state index in [-0.39, 0.29) is 12.2 Å². The summed E-state index contributed by atoms with van der Waals surface area (Å²) in [7, 11) is 1.30. The van der Waals surface area contributed by atoms with Gasteiger partial charge in [-0.15, -0.1) is 11.3 Å². The number of halogens is 1. The van der Waals surface area contributed by atoms with E-state index in [0.29, 0.717) is 22.0 Å². The summed E-state index contributed by atoms with van der Waals surface area (Å²) < 4.78 is 22.8. The van der Waals surface area contributed by atoms with Crippen LogP contribution in [0.5, 0.6) is 5.75 Å². The predicted molar refractivity (Wildman–Crippen MR) is 94.6 cm³/mol. The van der Waals surface area contributed by atoms with Gasteiger partial charge < -0.3 is 9.47 Å². The molecule has 1 heterocycles. The minimum atomic E-state index is -0.466. The summed E-state index contributed by atoms with van der Waals surface area (Å²) in [6, 6.07) is 12.1. The maximum Gasteiger partial charge on any atom is 0.337 e. The molecule has 5 nitrogen and oxygen atoms in total. The molecule has 0 bridgehead atoms. The molecule has 2 aromatic carbocycles. The molecule has 1 aromatic heterocycles. The van der Waals surface area contributed by atoms with Crippen LogP contribution < -0.4 is 4.74 Å². The Kier molecular flexibility index (Phi) is 5.38. The van der Waals surface area contributed by atoms with E-state index >= 15 is 0 Å². The Balaban J connectivity index is 1.61. The molecule has 0 saturated heterocycles. The van der Waals surface area contributed by atoms with Crippen molar-refractivity contribution in [2.45, 2.75) is 6.42 Å². The molecule has 0 aliphatic carbocycles. The fourth-order valence-corrected chi connectivity index (χ4v) is 3.03. The van der Waals surface area contributed by atoms with Crippen LogP contribution in [0.4, 0.5) is 4.39 Å². The van der Waals surface area contributed by atoms with Crippen molar-refractivity contribution < 1.29 is 23.5 Å². The molecule has 3 aromatic rings. The topological polar surface area (TPSA) is 65.5 Å². The number of nitrogens with zero attached hydrogens (tertiary/aromatic N) is 1. The number of thiazole rings is 1. The van der Waals surface area contributed by atoms with E-state index in [2.05, 4.69) is 9.72 Å². The zero-order valence-electron chi connectivity index (χ0n) is 13.8. The molecule has 26 heavy (non-hydrogen) atoms. The number of hydrogen-bond donors (Lipinski definition) is 0. The Morgan fingerprint density at radius 3 is 2.42 bits per heavy atom. The van der Waals surface area contributed by atoms with Gasteiger partial charge in [0.2, 0.25) is 0 Å². The van der Waals surface area contributed by atoms with Crippen LogP contribution >= 0.6 is 11.3 Å². The van der Waals surface area contributed by atoms with Gasteiger partial charge in [0, 0.05) is 10.9 Å². The number of benzene rings is 2. The highest BCUT2D eigenvalue weighted by Gasteiger charge is 2.12. The van der Waals surface area contributed by atoms with Gasteiger partial charge in [0.05, 0.1) is 24.8 Å². The summed E-state index contributed by atoms with van der Waals surface area (Å²) in [5.74, 6) is -0.908. The maximum absolute atomic E-state index is 13.0. The molecule has 0 aliphatic heterocycles. The van der Waals surface area contributed by atoms with E-state index in [1.807, 2.05) is 0 Å². The fourth-order valence-electron chi connectivity index (χ4n) is 2.21. The maximum atomic E-state index is 13.0. The minimum absolute atomic E-state index is 0.0104. The molecule has 0 aliphatic rings. The number of carbonyl (C=O) groups is 2. The van der Waals surface area contributed by atoms with Gasteiger partial charge in [-0.05, 0) is 48.5 Å². The molecular weight excluding hydrogens is 357 g/mol. The number of hydrogen-bond acceptors (Lipinski definition) is 6. The SMILES string of the molecule is COC(=O)c1ccc(OC(=O)Cc2csc(-c3ccc(F)cc3)n2)cc1. The summed E-state index contributed by atoms with van der Waals surface area (Å²) in [5.41, 5.74) is 1.73. The second kappa shape index (κ2) is 7.88. The van der Waals surface area contributed by atoms with Crippen LogP contribution in [0.15, 0.2) is 53.9 Å². The van der Waals surface area contributed by atoms with Crippen LogP contribution in [0.2, 0.25) is 0 Å². The number of esters is 2. The Morgan fingerprint density at radius 2 is 1.77 bits per heavy atom. The first-order valence-electron chi connectivity index (χ1n) is 7.64. The number of carbonyl (C=O) groups excluding carboxylic acids is 2. The number of aromatic nitrogens is 1. The highest BCUT2D eigenvalue weighted by Crippen LogP contribution is 2.24. The molecule has 0 saturated carbocycles. The van der Waals surface area contributed by atoms with Crippen molar-refractivity contribution in [2.75, 3.05) is 7.11 Å². The van der Waals surface area contributed by atoms with Gasteiger partial charge in [-0.25, -0.2) is 14.2 Å². The third-order valence-electron chi connectivity index (χ3n) is 3.48. The van der Waals surface area contributed by atoms with Crippen LogP contribution in [0.1, 0.15) is 16.1 Å². The van der Waals surface area contributed by atoms with Crippen LogP contribution in [0.3, 0.4) is 0 Å². The summed E-state index contributed by atoms with van der Waals surface area (Å²) in [6.07, 6.45) is 0.0104. The molecule has 7 heteroatoms. The molecule has 3 rings (SSSR count).